The number of hydrogen-bond acceptors (Lipinski definition) is 5. The van der Waals surface area contributed by atoms with E-state index in [2.05, 4.69) is 34.4 Å². The Morgan fingerprint density at radius 3 is 2.75 bits per heavy atom. The molecular formula is C25H26N6O. The van der Waals surface area contributed by atoms with Crippen LogP contribution in [0.1, 0.15) is 32.9 Å². The number of aromatic nitrogens is 3. The first kappa shape index (κ1) is 20.2. The summed E-state index contributed by atoms with van der Waals surface area (Å²) >= 11 is 0. The quantitative estimate of drug-likeness (QED) is 0.452. The first-order chi connectivity index (χ1) is 15.5. The van der Waals surface area contributed by atoms with E-state index in [1.54, 1.807) is 6.07 Å². The van der Waals surface area contributed by atoms with Crippen LogP contribution in [-0.2, 0) is 19.5 Å². The molecule has 4 N–H and O–H groups in total. The third kappa shape index (κ3) is 3.61. The van der Waals surface area contributed by atoms with Gasteiger partial charge in [-0.05, 0) is 25.6 Å². The minimum Gasteiger partial charge on any atom is -0.366 e. The number of rotatable bonds is 5. The summed E-state index contributed by atoms with van der Waals surface area (Å²) in [5.74, 6) is 1.07. The van der Waals surface area contributed by atoms with Gasteiger partial charge in [0.25, 0.3) is 5.91 Å². The maximum Gasteiger partial charge on any atom is 0.250 e. The summed E-state index contributed by atoms with van der Waals surface area (Å²) in [6.07, 6.45) is 0.870. The fourth-order valence-electron chi connectivity index (χ4n) is 4.43. The number of primary amides is 1. The highest BCUT2D eigenvalue weighted by molar-refractivity contribution is 6.09. The summed E-state index contributed by atoms with van der Waals surface area (Å²) < 4.78 is 0. The molecule has 0 bridgehead atoms. The molecule has 7 heteroatoms. The predicted molar refractivity (Wildman–Crippen MR) is 126 cm³/mol. The number of hydrogen-bond donors (Lipinski definition) is 3. The van der Waals surface area contributed by atoms with Gasteiger partial charge in [0.15, 0.2) is 5.82 Å². The van der Waals surface area contributed by atoms with Gasteiger partial charge in [-0.25, -0.2) is 9.97 Å². The average molecular weight is 427 g/mol. The highest BCUT2D eigenvalue weighted by Crippen LogP contribution is 2.34. The molecule has 0 spiro atoms. The van der Waals surface area contributed by atoms with Gasteiger partial charge in [0.05, 0.1) is 16.8 Å². The third-order valence-electron chi connectivity index (χ3n) is 6.06. The Labute approximate surface area is 186 Å². The Bertz CT molecular complexity index is 1310. The number of aryl methyl sites for hydroxylation is 1. The number of amides is 1. The van der Waals surface area contributed by atoms with Crippen molar-refractivity contribution in [3.8, 4) is 11.4 Å². The number of H-pyrrole nitrogens is 1. The van der Waals surface area contributed by atoms with Crippen LogP contribution in [0.15, 0.2) is 48.5 Å². The largest absolute Gasteiger partial charge is 0.366 e. The number of para-hydroxylation sites is 1. The Balaban J connectivity index is 1.63. The monoisotopic (exact) mass is 426 g/mol. The average Bonchev–Trinajstić information content (AvgIpc) is 3.13. The van der Waals surface area contributed by atoms with Crippen molar-refractivity contribution < 1.29 is 4.79 Å². The standard InChI is InChI=1S/C25H26N6O/c1-15-21(17-9-6-10-18(23(26)32)22(17)28-15)25-29-20-11-12-31(2)14-19(20)24(30-25)27-13-16-7-4-3-5-8-16/h3-10,28H,11-14H2,1-2H3,(H2,26,32)(H,27,29,30). The molecule has 2 aromatic carbocycles. The van der Waals surface area contributed by atoms with Gasteiger partial charge in [-0.3, -0.25) is 4.79 Å². The lowest BCUT2D eigenvalue weighted by molar-refractivity contribution is 0.100. The molecule has 0 saturated carbocycles. The van der Waals surface area contributed by atoms with Gasteiger partial charge >= 0.3 is 0 Å². The molecule has 4 aromatic rings. The summed E-state index contributed by atoms with van der Waals surface area (Å²) in [5.41, 5.74) is 12.0. The van der Waals surface area contributed by atoms with Crippen LogP contribution in [-0.4, -0.2) is 39.4 Å². The number of likely N-dealkylation sites (N-methyl/N-ethyl adjacent to an activating group) is 1. The number of benzene rings is 2. The van der Waals surface area contributed by atoms with Crippen molar-refractivity contribution in [3.05, 3.63) is 76.6 Å². The Morgan fingerprint density at radius 2 is 1.97 bits per heavy atom. The van der Waals surface area contributed by atoms with E-state index >= 15 is 0 Å². The number of aromatic amines is 1. The summed E-state index contributed by atoms with van der Waals surface area (Å²) in [4.78, 5) is 27.5. The lowest BCUT2D eigenvalue weighted by Crippen LogP contribution is -2.29. The second kappa shape index (κ2) is 8.09. The molecule has 0 aliphatic carbocycles. The van der Waals surface area contributed by atoms with Crippen LogP contribution in [0.25, 0.3) is 22.3 Å². The van der Waals surface area contributed by atoms with Crippen LogP contribution in [0.2, 0.25) is 0 Å². The van der Waals surface area contributed by atoms with E-state index in [0.717, 1.165) is 58.7 Å². The number of fused-ring (bicyclic) bond motifs is 2. The highest BCUT2D eigenvalue weighted by Gasteiger charge is 2.24. The molecule has 0 fully saturated rings. The molecule has 0 atom stereocenters. The van der Waals surface area contributed by atoms with Gasteiger partial charge < -0.3 is 20.9 Å². The van der Waals surface area contributed by atoms with Crippen LogP contribution in [0.4, 0.5) is 5.82 Å². The van der Waals surface area contributed by atoms with Crippen LogP contribution in [0.3, 0.4) is 0 Å². The third-order valence-corrected chi connectivity index (χ3v) is 6.06. The number of nitrogens with two attached hydrogens (primary N) is 1. The Kier molecular flexibility index (Phi) is 5.11. The van der Waals surface area contributed by atoms with Crippen molar-refractivity contribution in [1.82, 2.24) is 19.9 Å². The van der Waals surface area contributed by atoms with Gasteiger partial charge in [0.1, 0.15) is 5.82 Å². The number of anilines is 1. The lowest BCUT2D eigenvalue weighted by atomic mass is 10.0. The van der Waals surface area contributed by atoms with Crippen molar-refractivity contribution in [2.45, 2.75) is 26.4 Å². The molecule has 1 aliphatic rings. The summed E-state index contributed by atoms with van der Waals surface area (Å²) in [6, 6.07) is 15.9. The van der Waals surface area contributed by atoms with Gasteiger partial charge in [0.2, 0.25) is 0 Å². The molecule has 3 heterocycles. The molecule has 32 heavy (non-hydrogen) atoms. The molecular weight excluding hydrogens is 400 g/mol. The zero-order valence-corrected chi connectivity index (χ0v) is 18.3. The second-order valence-electron chi connectivity index (χ2n) is 8.37. The zero-order valence-electron chi connectivity index (χ0n) is 18.3. The lowest BCUT2D eigenvalue weighted by Gasteiger charge is -2.26. The van der Waals surface area contributed by atoms with Gasteiger partial charge in [-0.15, -0.1) is 0 Å². The number of carbonyl (C=O) groups is 1. The molecule has 0 radical (unpaired) electrons. The highest BCUT2D eigenvalue weighted by atomic mass is 16.1. The minimum absolute atomic E-state index is 0.456. The Hall–Kier alpha value is -3.71. The molecule has 5 rings (SSSR count). The smallest absolute Gasteiger partial charge is 0.250 e. The summed E-state index contributed by atoms with van der Waals surface area (Å²) in [5, 5.41) is 4.45. The van der Waals surface area contributed by atoms with Crippen LogP contribution < -0.4 is 11.1 Å². The van der Waals surface area contributed by atoms with E-state index in [-0.39, 0.29) is 0 Å². The van der Waals surface area contributed by atoms with E-state index < -0.39 is 5.91 Å². The topological polar surface area (TPSA) is 99.9 Å². The number of carbonyl (C=O) groups excluding carboxylic acids is 1. The van der Waals surface area contributed by atoms with E-state index in [1.165, 1.54) is 5.56 Å². The summed E-state index contributed by atoms with van der Waals surface area (Å²) in [6.45, 7) is 4.44. The molecule has 2 aromatic heterocycles. The maximum atomic E-state index is 11.9. The molecule has 7 nitrogen and oxygen atoms in total. The SMILES string of the molecule is Cc1[nH]c2c(C(N)=O)cccc2c1-c1nc2c(c(NCc3ccccc3)n1)CN(C)CC2. The molecule has 162 valence electrons. The summed E-state index contributed by atoms with van der Waals surface area (Å²) in [7, 11) is 2.12. The first-order valence-electron chi connectivity index (χ1n) is 10.8. The van der Waals surface area contributed by atoms with Crippen molar-refractivity contribution >= 4 is 22.6 Å². The van der Waals surface area contributed by atoms with Crippen LogP contribution in [0, 0.1) is 6.92 Å². The first-order valence-corrected chi connectivity index (χ1v) is 10.8. The molecule has 0 saturated heterocycles. The molecule has 0 unspecified atom stereocenters. The van der Waals surface area contributed by atoms with Crippen molar-refractivity contribution in [3.63, 3.8) is 0 Å². The predicted octanol–water partition coefficient (Wildman–Crippen LogP) is 3.63. The Morgan fingerprint density at radius 1 is 1.16 bits per heavy atom. The van der Waals surface area contributed by atoms with Gasteiger partial charge in [-0.1, -0.05) is 42.5 Å². The fraction of sp³-hybridized carbons (Fsp3) is 0.240. The normalized spacial score (nSPS) is 13.8. The second-order valence-corrected chi connectivity index (χ2v) is 8.37. The van der Waals surface area contributed by atoms with Gasteiger partial charge in [-0.2, -0.15) is 0 Å². The van der Waals surface area contributed by atoms with Crippen LogP contribution in [0.5, 0.6) is 0 Å². The zero-order chi connectivity index (χ0) is 22.2. The fourth-order valence-corrected chi connectivity index (χ4v) is 4.43. The molecule has 1 aliphatic heterocycles. The number of nitrogens with zero attached hydrogens (tertiary/aromatic N) is 3. The van der Waals surface area contributed by atoms with Gasteiger partial charge in [0, 0.05) is 48.3 Å². The maximum absolute atomic E-state index is 11.9. The van der Waals surface area contributed by atoms with Crippen molar-refractivity contribution in [1.29, 1.82) is 0 Å². The van der Waals surface area contributed by atoms with E-state index in [1.807, 2.05) is 37.3 Å². The van der Waals surface area contributed by atoms with E-state index in [4.69, 9.17) is 15.7 Å². The van der Waals surface area contributed by atoms with E-state index in [0.29, 0.717) is 17.9 Å². The number of nitrogens with one attached hydrogen (secondary N) is 2. The van der Waals surface area contributed by atoms with Crippen molar-refractivity contribution in [2.24, 2.45) is 5.73 Å². The molecule has 1 amide bonds. The van der Waals surface area contributed by atoms with E-state index in [9.17, 15) is 4.79 Å². The minimum atomic E-state index is -0.456. The van der Waals surface area contributed by atoms with Crippen molar-refractivity contribution in [2.75, 3.05) is 18.9 Å². The van der Waals surface area contributed by atoms with Crippen LogP contribution >= 0.6 is 0 Å².